The Morgan fingerprint density at radius 1 is 1.35 bits per heavy atom. The highest BCUT2D eigenvalue weighted by molar-refractivity contribution is 5.88. The SMILES string of the molecule is CC(C)C1CCCCC1(Nc1ccc(F)cc1)C(N)=O. The maximum absolute atomic E-state index is 13.0. The number of nitrogens with two attached hydrogens (primary N) is 1. The molecule has 1 aromatic rings. The molecule has 1 aliphatic carbocycles. The van der Waals surface area contributed by atoms with E-state index in [0.29, 0.717) is 5.92 Å². The Hall–Kier alpha value is -1.58. The third-order valence-electron chi connectivity index (χ3n) is 4.43. The van der Waals surface area contributed by atoms with E-state index in [1.54, 1.807) is 12.1 Å². The Labute approximate surface area is 119 Å². The van der Waals surface area contributed by atoms with Crippen molar-refractivity contribution in [2.24, 2.45) is 17.6 Å². The monoisotopic (exact) mass is 278 g/mol. The second kappa shape index (κ2) is 5.81. The average molecular weight is 278 g/mol. The van der Waals surface area contributed by atoms with Crippen LogP contribution >= 0.6 is 0 Å². The van der Waals surface area contributed by atoms with E-state index in [-0.39, 0.29) is 17.6 Å². The minimum absolute atomic E-state index is 0.207. The number of carbonyl (C=O) groups is 1. The van der Waals surface area contributed by atoms with Gasteiger partial charge < -0.3 is 11.1 Å². The normalized spacial score (nSPS) is 26.5. The van der Waals surface area contributed by atoms with Crippen LogP contribution in [0.1, 0.15) is 39.5 Å². The van der Waals surface area contributed by atoms with Crippen molar-refractivity contribution in [3.8, 4) is 0 Å². The maximum atomic E-state index is 13.0. The van der Waals surface area contributed by atoms with Crippen molar-refractivity contribution in [3.05, 3.63) is 30.1 Å². The Morgan fingerprint density at radius 3 is 2.55 bits per heavy atom. The van der Waals surface area contributed by atoms with Gasteiger partial charge in [-0.25, -0.2) is 4.39 Å². The summed E-state index contributed by atoms with van der Waals surface area (Å²) in [6.45, 7) is 4.25. The lowest BCUT2D eigenvalue weighted by Gasteiger charge is -2.45. The summed E-state index contributed by atoms with van der Waals surface area (Å²) in [5.74, 6) is -0.0116. The molecule has 1 amide bonds. The van der Waals surface area contributed by atoms with Crippen LogP contribution in [-0.2, 0) is 4.79 Å². The summed E-state index contributed by atoms with van der Waals surface area (Å²) in [6.07, 6.45) is 3.85. The zero-order valence-electron chi connectivity index (χ0n) is 12.2. The van der Waals surface area contributed by atoms with Gasteiger partial charge in [0.25, 0.3) is 0 Å². The van der Waals surface area contributed by atoms with Crippen molar-refractivity contribution >= 4 is 11.6 Å². The van der Waals surface area contributed by atoms with Gasteiger partial charge >= 0.3 is 0 Å². The van der Waals surface area contributed by atoms with Crippen LogP contribution in [0.25, 0.3) is 0 Å². The Morgan fingerprint density at radius 2 is 2.00 bits per heavy atom. The summed E-state index contributed by atoms with van der Waals surface area (Å²) in [5.41, 5.74) is 5.76. The molecule has 0 aliphatic heterocycles. The number of hydrogen-bond donors (Lipinski definition) is 2. The molecule has 0 bridgehead atoms. The second-order valence-corrected chi connectivity index (χ2v) is 6.06. The van der Waals surface area contributed by atoms with E-state index in [1.807, 2.05) is 0 Å². The van der Waals surface area contributed by atoms with Crippen LogP contribution in [0.2, 0.25) is 0 Å². The van der Waals surface area contributed by atoms with E-state index in [0.717, 1.165) is 31.4 Å². The van der Waals surface area contributed by atoms with Gasteiger partial charge in [-0.2, -0.15) is 0 Å². The maximum Gasteiger partial charge on any atom is 0.243 e. The molecule has 1 aromatic carbocycles. The third-order valence-corrected chi connectivity index (χ3v) is 4.43. The topological polar surface area (TPSA) is 55.1 Å². The van der Waals surface area contributed by atoms with Crippen LogP contribution in [0.5, 0.6) is 0 Å². The third kappa shape index (κ3) is 2.79. The molecule has 1 aliphatic rings. The molecule has 4 heteroatoms. The summed E-state index contributed by atoms with van der Waals surface area (Å²) in [4.78, 5) is 12.1. The molecule has 110 valence electrons. The highest BCUT2D eigenvalue weighted by atomic mass is 19.1. The molecule has 3 nitrogen and oxygen atoms in total. The van der Waals surface area contributed by atoms with E-state index < -0.39 is 5.54 Å². The van der Waals surface area contributed by atoms with Crippen molar-refractivity contribution < 1.29 is 9.18 Å². The quantitative estimate of drug-likeness (QED) is 0.887. The van der Waals surface area contributed by atoms with Crippen molar-refractivity contribution in [1.82, 2.24) is 0 Å². The van der Waals surface area contributed by atoms with Gasteiger partial charge in [0.05, 0.1) is 0 Å². The molecule has 0 saturated heterocycles. The molecule has 2 rings (SSSR count). The summed E-state index contributed by atoms with van der Waals surface area (Å²) < 4.78 is 13.0. The highest BCUT2D eigenvalue weighted by Crippen LogP contribution is 2.40. The van der Waals surface area contributed by atoms with Crippen LogP contribution in [0, 0.1) is 17.7 Å². The van der Waals surface area contributed by atoms with Crippen LogP contribution in [0.15, 0.2) is 24.3 Å². The lowest BCUT2D eigenvalue weighted by molar-refractivity contribution is -0.126. The minimum atomic E-state index is -0.718. The largest absolute Gasteiger partial charge is 0.371 e. The zero-order valence-corrected chi connectivity index (χ0v) is 12.2. The van der Waals surface area contributed by atoms with Gasteiger partial charge in [0.15, 0.2) is 0 Å². The highest BCUT2D eigenvalue weighted by Gasteiger charge is 2.46. The first-order valence-electron chi connectivity index (χ1n) is 7.29. The molecule has 3 N–H and O–H groups in total. The predicted molar refractivity (Wildman–Crippen MR) is 78.7 cm³/mol. The second-order valence-electron chi connectivity index (χ2n) is 6.06. The summed E-state index contributed by atoms with van der Waals surface area (Å²) in [6, 6.07) is 6.10. The Balaban J connectivity index is 2.32. The lowest BCUT2D eigenvalue weighted by atomic mass is 9.67. The number of benzene rings is 1. The molecule has 20 heavy (non-hydrogen) atoms. The molecular formula is C16H23FN2O. The van der Waals surface area contributed by atoms with Crippen molar-refractivity contribution in [3.63, 3.8) is 0 Å². The van der Waals surface area contributed by atoms with Gasteiger partial charge in [-0.05, 0) is 48.9 Å². The number of hydrogen-bond acceptors (Lipinski definition) is 2. The fraction of sp³-hybridized carbons (Fsp3) is 0.562. The van der Waals surface area contributed by atoms with Gasteiger partial charge in [-0.3, -0.25) is 4.79 Å². The molecule has 0 radical (unpaired) electrons. The number of carbonyl (C=O) groups excluding carboxylic acids is 1. The van der Waals surface area contributed by atoms with E-state index in [1.165, 1.54) is 12.1 Å². The number of primary amides is 1. The smallest absolute Gasteiger partial charge is 0.243 e. The number of nitrogens with one attached hydrogen (secondary N) is 1. The molecule has 2 atom stereocenters. The zero-order chi connectivity index (χ0) is 14.8. The Kier molecular flexibility index (Phi) is 4.31. The van der Waals surface area contributed by atoms with Crippen molar-refractivity contribution in [2.75, 3.05) is 5.32 Å². The summed E-state index contributed by atoms with van der Waals surface area (Å²) >= 11 is 0. The summed E-state index contributed by atoms with van der Waals surface area (Å²) in [5, 5.41) is 3.31. The van der Waals surface area contributed by atoms with Gasteiger partial charge in [-0.15, -0.1) is 0 Å². The van der Waals surface area contributed by atoms with Crippen molar-refractivity contribution in [1.29, 1.82) is 0 Å². The van der Waals surface area contributed by atoms with Gasteiger partial charge in [0.2, 0.25) is 5.91 Å². The van der Waals surface area contributed by atoms with Gasteiger partial charge in [-0.1, -0.05) is 26.7 Å². The number of halogens is 1. The van der Waals surface area contributed by atoms with E-state index in [4.69, 9.17) is 5.73 Å². The van der Waals surface area contributed by atoms with E-state index >= 15 is 0 Å². The first-order valence-corrected chi connectivity index (χ1v) is 7.29. The number of anilines is 1. The number of amides is 1. The predicted octanol–water partition coefficient (Wildman–Crippen LogP) is 3.31. The first-order chi connectivity index (χ1) is 9.45. The van der Waals surface area contributed by atoms with Gasteiger partial charge in [0.1, 0.15) is 11.4 Å². The molecular weight excluding hydrogens is 255 g/mol. The Bertz CT molecular complexity index is 472. The molecule has 1 fully saturated rings. The molecule has 0 aromatic heterocycles. The van der Waals surface area contributed by atoms with E-state index in [2.05, 4.69) is 19.2 Å². The molecule has 0 spiro atoms. The van der Waals surface area contributed by atoms with Crippen LogP contribution < -0.4 is 11.1 Å². The molecule has 2 unspecified atom stereocenters. The minimum Gasteiger partial charge on any atom is -0.371 e. The standard InChI is InChI=1S/C16H23FN2O/c1-11(2)14-5-3-4-10-16(14,15(18)20)19-13-8-6-12(17)7-9-13/h6-9,11,14,19H,3-5,10H2,1-2H3,(H2,18,20). The fourth-order valence-electron chi connectivity index (χ4n) is 3.42. The lowest BCUT2D eigenvalue weighted by Crippen LogP contribution is -2.58. The molecule has 0 heterocycles. The van der Waals surface area contributed by atoms with Crippen molar-refractivity contribution in [2.45, 2.75) is 45.1 Å². The fourth-order valence-corrected chi connectivity index (χ4v) is 3.42. The number of rotatable bonds is 4. The van der Waals surface area contributed by atoms with Crippen LogP contribution in [-0.4, -0.2) is 11.4 Å². The van der Waals surface area contributed by atoms with Crippen LogP contribution in [0.3, 0.4) is 0 Å². The van der Waals surface area contributed by atoms with E-state index in [9.17, 15) is 9.18 Å². The first kappa shape index (κ1) is 14.8. The summed E-state index contributed by atoms with van der Waals surface area (Å²) in [7, 11) is 0. The van der Waals surface area contributed by atoms with Crippen LogP contribution in [0.4, 0.5) is 10.1 Å². The van der Waals surface area contributed by atoms with Gasteiger partial charge in [0, 0.05) is 5.69 Å². The molecule has 1 saturated carbocycles. The average Bonchev–Trinajstić information content (AvgIpc) is 2.41.